The average Bonchev–Trinajstić information content (AvgIpc) is 2.36. The number of anilines is 1. The Hall–Kier alpha value is -1.59. The molecule has 1 aromatic carbocycles. The van der Waals surface area contributed by atoms with Crippen molar-refractivity contribution in [3.8, 4) is 0 Å². The van der Waals surface area contributed by atoms with E-state index in [0.29, 0.717) is 18.5 Å². The Bertz CT molecular complexity index is 365. The van der Waals surface area contributed by atoms with Crippen molar-refractivity contribution in [1.82, 2.24) is 5.32 Å². The van der Waals surface area contributed by atoms with Gasteiger partial charge >= 0.3 is 0 Å². The van der Waals surface area contributed by atoms with Gasteiger partial charge in [-0.25, -0.2) is 0 Å². The van der Waals surface area contributed by atoms with Crippen LogP contribution in [0.5, 0.6) is 0 Å². The Morgan fingerprint density at radius 1 is 1.44 bits per heavy atom. The predicted molar refractivity (Wildman–Crippen MR) is 70.1 cm³/mol. The summed E-state index contributed by atoms with van der Waals surface area (Å²) < 4.78 is 4.76. The maximum atomic E-state index is 11.5. The number of benzene rings is 1. The Kier molecular flexibility index (Phi) is 6.18. The van der Waals surface area contributed by atoms with Crippen LogP contribution in [0.25, 0.3) is 0 Å². The predicted octanol–water partition coefficient (Wildman–Crippen LogP) is 0.325. The Balaban J connectivity index is 2.22. The van der Waals surface area contributed by atoms with Crippen LogP contribution in [0.15, 0.2) is 24.3 Å². The minimum Gasteiger partial charge on any atom is -0.399 e. The molecule has 0 bridgehead atoms. The minimum atomic E-state index is -0.657. The number of hydrogen-bond acceptors (Lipinski definition) is 4. The lowest BCUT2D eigenvalue weighted by Gasteiger charge is -2.10. The second kappa shape index (κ2) is 7.68. The van der Waals surface area contributed by atoms with Crippen LogP contribution in [-0.2, 0) is 16.0 Å². The number of nitrogen functional groups attached to an aromatic ring is 1. The van der Waals surface area contributed by atoms with Gasteiger partial charge in [0, 0.05) is 25.8 Å². The molecular weight excluding hydrogens is 232 g/mol. The van der Waals surface area contributed by atoms with Crippen LogP contribution in [0.3, 0.4) is 0 Å². The SMILES string of the molecule is COCC(O)CNC(=O)CCc1ccc(N)cc1. The summed E-state index contributed by atoms with van der Waals surface area (Å²) in [6.07, 6.45) is 0.395. The summed E-state index contributed by atoms with van der Waals surface area (Å²) in [7, 11) is 1.51. The fourth-order valence-electron chi connectivity index (χ4n) is 1.51. The van der Waals surface area contributed by atoms with E-state index in [4.69, 9.17) is 10.5 Å². The quantitative estimate of drug-likeness (QED) is 0.610. The van der Waals surface area contributed by atoms with Crippen molar-refractivity contribution >= 4 is 11.6 Å². The van der Waals surface area contributed by atoms with Crippen molar-refractivity contribution in [3.05, 3.63) is 29.8 Å². The third-order valence-electron chi connectivity index (χ3n) is 2.51. The number of carbonyl (C=O) groups excluding carboxylic acids is 1. The van der Waals surface area contributed by atoms with Crippen LogP contribution < -0.4 is 11.1 Å². The molecule has 0 spiro atoms. The van der Waals surface area contributed by atoms with Crippen molar-refractivity contribution in [3.63, 3.8) is 0 Å². The maximum absolute atomic E-state index is 11.5. The van der Waals surface area contributed by atoms with E-state index in [0.717, 1.165) is 5.56 Å². The highest BCUT2D eigenvalue weighted by atomic mass is 16.5. The molecule has 1 unspecified atom stereocenters. The first-order valence-electron chi connectivity index (χ1n) is 5.90. The number of aliphatic hydroxyl groups excluding tert-OH is 1. The van der Waals surface area contributed by atoms with Gasteiger partial charge in [-0.1, -0.05) is 12.1 Å². The highest BCUT2D eigenvalue weighted by Gasteiger charge is 2.06. The highest BCUT2D eigenvalue weighted by molar-refractivity contribution is 5.76. The Labute approximate surface area is 107 Å². The summed E-state index contributed by atoms with van der Waals surface area (Å²) in [6, 6.07) is 7.44. The molecule has 1 atom stereocenters. The van der Waals surface area contributed by atoms with Gasteiger partial charge in [-0.3, -0.25) is 4.79 Å². The number of hydrogen-bond donors (Lipinski definition) is 3. The lowest BCUT2D eigenvalue weighted by Crippen LogP contribution is -2.34. The molecule has 4 N–H and O–H groups in total. The molecule has 18 heavy (non-hydrogen) atoms. The largest absolute Gasteiger partial charge is 0.399 e. The number of carbonyl (C=O) groups is 1. The smallest absolute Gasteiger partial charge is 0.220 e. The molecular formula is C13H20N2O3. The molecule has 1 rings (SSSR count). The van der Waals surface area contributed by atoms with Crippen molar-refractivity contribution in [2.45, 2.75) is 18.9 Å². The molecule has 0 heterocycles. The van der Waals surface area contributed by atoms with Crippen LogP contribution in [0.1, 0.15) is 12.0 Å². The molecule has 0 saturated heterocycles. The normalized spacial score (nSPS) is 12.1. The molecule has 0 aliphatic carbocycles. The van der Waals surface area contributed by atoms with Crippen LogP contribution in [0, 0.1) is 0 Å². The van der Waals surface area contributed by atoms with Gasteiger partial charge in [0.2, 0.25) is 5.91 Å². The van der Waals surface area contributed by atoms with Crippen LogP contribution >= 0.6 is 0 Å². The second-order valence-electron chi connectivity index (χ2n) is 4.15. The third-order valence-corrected chi connectivity index (χ3v) is 2.51. The highest BCUT2D eigenvalue weighted by Crippen LogP contribution is 2.07. The van der Waals surface area contributed by atoms with Gasteiger partial charge in [0.1, 0.15) is 0 Å². The van der Waals surface area contributed by atoms with Crippen molar-refractivity contribution in [1.29, 1.82) is 0 Å². The number of nitrogens with two attached hydrogens (primary N) is 1. The number of nitrogens with one attached hydrogen (secondary N) is 1. The van der Waals surface area contributed by atoms with E-state index in [1.807, 2.05) is 24.3 Å². The Morgan fingerprint density at radius 3 is 2.72 bits per heavy atom. The number of aryl methyl sites for hydroxylation is 1. The van der Waals surface area contributed by atoms with E-state index < -0.39 is 6.10 Å². The molecule has 100 valence electrons. The first kappa shape index (κ1) is 14.5. The zero-order valence-corrected chi connectivity index (χ0v) is 10.6. The number of amides is 1. The van der Waals surface area contributed by atoms with Crippen molar-refractivity contribution in [2.75, 3.05) is 26.0 Å². The lowest BCUT2D eigenvalue weighted by atomic mass is 10.1. The molecule has 1 aromatic rings. The number of aliphatic hydroxyl groups is 1. The number of rotatable bonds is 7. The van der Waals surface area contributed by atoms with Crippen LogP contribution in [0.2, 0.25) is 0 Å². The van der Waals surface area contributed by atoms with Gasteiger partial charge < -0.3 is 20.9 Å². The van der Waals surface area contributed by atoms with E-state index in [2.05, 4.69) is 5.32 Å². The lowest BCUT2D eigenvalue weighted by molar-refractivity contribution is -0.121. The zero-order chi connectivity index (χ0) is 13.4. The standard InChI is InChI=1S/C13H20N2O3/c1-18-9-12(16)8-15-13(17)7-4-10-2-5-11(14)6-3-10/h2-3,5-6,12,16H,4,7-9,14H2,1H3,(H,15,17). The molecule has 0 radical (unpaired) electrons. The zero-order valence-electron chi connectivity index (χ0n) is 10.6. The third kappa shape index (κ3) is 5.65. The summed E-state index contributed by atoms with van der Waals surface area (Å²) in [5.74, 6) is -0.0815. The maximum Gasteiger partial charge on any atom is 0.220 e. The Morgan fingerprint density at radius 2 is 2.11 bits per heavy atom. The van der Waals surface area contributed by atoms with E-state index in [1.54, 1.807) is 0 Å². The molecule has 5 nitrogen and oxygen atoms in total. The van der Waals surface area contributed by atoms with Crippen molar-refractivity contribution < 1.29 is 14.6 Å². The topological polar surface area (TPSA) is 84.6 Å². The van der Waals surface area contributed by atoms with Gasteiger partial charge in [0.25, 0.3) is 0 Å². The van der Waals surface area contributed by atoms with E-state index in [9.17, 15) is 9.90 Å². The van der Waals surface area contributed by atoms with Crippen LogP contribution in [0.4, 0.5) is 5.69 Å². The first-order chi connectivity index (χ1) is 8.61. The molecule has 0 aliphatic heterocycles. The molecule has 0 fully saturated rings. The van der Waals surface area contributed by atoms with Gasteiger partial charge in [-0.15, -0.1) is 0 Å². The molecule has 1 amide bonds. The van der Waals surface area contributed by atoms with E-state index in [1.165, 1.54) is 7.11 Å². The summed E-state index contributed by atoms with van der Waals surface area (Å²) in [6.45, 7) is 0.437. The summed E-state index contributed by atoms with van der Waals surface area (Å²) in [4.78, 5) is 11.5. The van der Waals surface area contributed by atoms with Gasteiger partial charge in [0.05, 0.1) is 12.7 Å². The van der Waals surface area contributed by atoms with E-state index >= 15 is 0 Å². The monoisotopic (exact) mass is 252 g/mol. The fourth-order valence-corrected chi connectivity index (χ4v) is 1.51. The summed E-state index contributed by atoms with van der Waals surface area (Å²) in [5.41, 5.74) is 7.35. The second-order valence-corrected chi connectivity index (χ2v) is 4.15. The molecule has 0 saturated carbocycles. The summed E-state index contributed by atoms with van der Waals surface area (Å²) >= 11 is 0. The van der Waals surface area contributed by atoms with Gasteiger partial charge in [-0.05, 0) is 24.1 Å². The van der Waals surface area contributed by atoms with Crippen molar-refractivity contribution in [2.24, 2.45) is 0 Å². The summed E-state index contributed by atoms with van der Waals surface area (Å²) in [5, 5.41) is 12.0. The number of methoxy groups -OCH3 is 1. The minimum absolute atomic E-state index is 0.0815. The number of ether oxygens (including phenoxy) is 1. The van der Waals surface area contributed by atoms with Gasteiger partial charge in [-0.2, -0.15) is 0 Å². The van der Waals surface area contributed by atoms with Crippen LogP contribution in [-0.4, -0.2) is 37.4 Å². The average molecular weight is 252 g/mol. The van der Waals surface area contributed by atoms with Gasteiger partial charge in [0.15, 0.2) is 0 Å². The fraction of sp³-hybridized carbons (Fsp3) is 0.462. The molecule has 5 heteroatoms. The molecule has 0 aliphatic rings. The molecule has 0 aromatic heterocycles. The van der Waals surface area contributed by atoms with E-state index in [-0.39, 0.29) is 19.1 Å². The first-order valence-corrected chi connectivity index (χ1v) is 5.90.